The smallest absolute Gasteiger partial charge is 0.215 e. The number of hydrogen-bond donors (Lipinski definition) is 2. The van der Waals surface area contributed by atoms with Crippen molar-refractivity contribution in [2.75, 3.05) is 32.4 Å². The number of rotatable bonds is 9. The van der Waals surface area contributed by atoms with Crippen molar-refractivity contribution in [2.24, 2.45) is 4.99 Å². The van der Waals surface area contributed by atoms with Gasteiger partial charge in [-0.1, -0.05) is 26.0 Å². The maximum Gasteiger partial charge on any atom is 0.215 e. The second-order valence-corrected chi connectivity index (χ2v) is 9.67. The van der Waals surface area contributed by atoms with Crippen LogP contribution in [-0.2, 0) is 16.6 Å². The van der Waals surface area contributed by atoms with Gasteiger partial charge in [0.05, 0.1) is 5.75 Å². The minimum Gasteiger partial charge on any atom is -0.488 e. The van der Waals surface area contributed by atoms with Crippen molar-refractivity contribution in [3.8, 4) is 5.75 Å². The Labute approximate surface area is 193 Å². The van der Waals surface area contributed by atoms with E-state index in [0.717, 1.165) is 16.9 Å². The van der Waals surface area contributed by atoms with Crippen LogP contribution in [0, 0.1) is 6.92 Å². The van der Waals surface area contributed by atoms with Crippen molar-refractivity contribution in [3.05, 3.63) is 29.3 Å². The Kier molecular flexibility index (Phi) is 12.1. The second kappa shape index (κ2) is 12.6. The molecule has 0 bridgehead atoms. The fourth-order valence-corrected chi connectivity index (χ4v) is 4.08. The Hall–Kier alpha value is -1.07. The van der Waals surface area contributed by atoms with Crippen molar-refractivity contribution in [1.82, 2.24) is 14.9 Å². The number of ether oxygens (including phenoxy) is 1. The Morgan fingerprint density at radius 3 is 2.31 bits per heavy atom. The fourth-order valence-electron chi connectivity index (χ4n) is 2.68. The SMILES string of the molecule is CCN(CC)S(=O)(=O)CCNC(=NC)NCc1ccc(C)cc1OC(C)(C)C.I. The number of hydrogen-bond acceptors (Lipinski definition) is 4. The Morgan fingerprint density at radius 1 is 1.17 bits per heavy atom. The summed E-state index contributed by atoms with van der Waals surface area (Å²) in [4.78, 5) is 4.17. The lowest BCUT2D eigenvalue weighted by Gasteiger charge is -2.24. The average molecular weight is 541 g/mol. The van der Waals surface area contributed by atoms with Crippen molar-refractivity contribution in [2.45, 2.75) is 53.7 Å². The third-order valence-corrected chi connectivity index (χ3v) is 6.08. The molecule has 0 spiro atoms. The molecule has 0 aliphatic heterocycles. The molecular formula is C20H37IN4O3S. The highest BCUT2D eigenvalue weighted by molar-refractivity contribution is 14.0. The topological polar surface area (TPSA) is 83.0 Å². The third kappa shape index (κ3) is 9.99. The van der Waals surface area contributed by atoms with E-state index in [0.29, 0.717) is 25.6 Å². The predicted molar refractivity (Wildman–Crippen MR) is 132 cm³/mol. The molecule has 168 valence electrons. The summed E-state index contributed by atoms with van der Waals surface area (Å²) < 4.78 is 32.1. The number of nitrogens with zero attached hydrogens (tertiary/aromatic N) is 2. The molecule has 0 atom stereocenters. The normalized spacial score (nSPS) is 12.5. The maximum absolute atomic E-state index is 12.3. The first-order valence-electron chi connectivity index (χ1n) is 9.73. The first-order chi connectivity index (χ1) is 13.0. The quantitative estimate of drug-likeness (QED) is 0.286. The first-order valence-corrected chi connectivity index (χ1v) is 11.3. The van der Waals surface area contributed by atoms with Gasteiger partial charge >= 0.3 is 0 Å². The highest BCUT2D eigenvalue weighted by Gasteiger charge is 2.18. The number of halogens is 1. The summed E-state index contributed by atoms with van der Waals surface area (Å²) in [6, 6.07) is 6.09. The molecule has 0 unspecified atom stereocenters. The van der Waals surface area contributed by atoms with Crippen LogP contribution in [-0.4, -0.2) is 56.7 Å². The monoisotopic (exact) mass is 540 g/mol. The zero-order chi connectivity index (χ0) is 21.4. The van der Waals surface area contributed by atoms with Gasteiger partial charge in [0, 0.05) is 38.8 Å². The molecule has 0 saturated heterocycles. The molecule has 0 radical (unpaired) electrons. The van der Waals surface area contributed by atoms with E-state index in [4.69, 9.17) is 4.74 Å². The van der Waals surface area contributed by atoms with Crippen LogP contribution in [0.3, 0.4) is 0 Å². The van der Waals surface area contributed by atoms with Gasteiger partial charge in [0.25, 0.3) is 0 Å². The summed E-state index contributed by atoms with van der Waals surface area (Å²) in [6.07, 6.45) is 0. The van der Waals surface area contributed by atoms with Crippen molar-refractivity contribution >= 4 is 40.0 Å². The summed E-state index contributed by atoms with van der Waals surface area (Å²) in [6.45, 7) is 13.5. The number of sulfonamides is 1. The van der Waals surface area contributed by atoms with Gasteiger partial charge in [0.15, 0.2) is 5.96 Å². The molecule has 0 aliphatic carbocycles. The molecule has 2 N–H and O–H groups in total. The molecule has 0 amide bonds. The third-order valence-electron chi connectivity index (χ3n) is 4.06. The second-order valence-electron chi connectivity index (χ2n) is 7.58. The molecular weight excluding hydrogens is 503 g/mol. The molecule has 0 heterocycles. The molecule has 1 rings (SSSR count). The molecule has 9 heteroatoms. The van der Waals surface area contributed by atoms with Crippen molar-refractivity contribution < 1.29 is 13.2 Å². The van der Waals surface area contributed by atoms with Gasteiger partial charge < -0.3 is 15.4 Å². The van der Waals surface area contributed by atoms with Gasteiger partial charge in [-0.25, -0.2) is 12.7 Å². The van der Waals surface area contributed by atoms with Gasteiger partial charge in [-0.05, 0) is 39.3 Å². The van der Waals surface area contributed by atoms with E-state index in [2.05, 4.69) is 15.6 Å². The molecule has 1 aromatic carbocycles. The number of nitrogens with one attached hydrogen (secondary N) is 2. The van der Waals surface area contributed by atoms with Gasteiger partial charge in [-0.15, -0.1) is 24.0 Å². The van der Waals surface area contributed by atoms with Gasteiger partial charge in [-0.2, -0.15) is 0 Å². The number of aliphatic imine (C=N–C) groups is 1. The number of guanidine groups is 1. The maximum atomic E-state index is 12.3. The Bertz CT molecular complexity index is 757. The lowest BCUT2D eigenvalue weighted by molar-refractivity contribution is 0.129. The first kappa shape index (κ1) is 27.9. The summed E-state index contributed by atoms with van der Waals surface area (Å²) in [7, 11) is -1.59. The number of aryl methyl sites for hydroxylation is 1. The molecule has 0 saturated carbocycles. The summed E-state index contributed by atoms with van der Waals surface area (Å²) >= 11 is 0. The van der Waals surface area contributed by atoms with Crippen molar-refractivity contribution in [3.63, 3.8) is 0 Å². The van der Waals surface area contributed by atoms with Crippen LogP contribution in [0.25, 0.3) is 0 Å². The van der Waals surface area contributed by atoms with E-state index < -0.39 is 10.0 Å². The highest BCUT2D eigenvalue weighted by Crippen LogP contribution is 2.24. The van der Waals surface area contributed by atoms with Crippen LogP contribution in [0.4, 0.5) is 0 Å². The lowest BCUT2D eigenvalue weighted by Crippen LogP contribution is -2.42. The summed E-state index contributed by atoms with van der Waals surface area (Å²) in [5.74, 6) is 1.41. The molecule has 1 aromatic rings. The van der Waals surface area contributed by atoms with Crippen LogP contribution in [0.1, 0.15) is 45.7 Å². The van der Waals surface area contributed by atoms with Gasteiger partial charge in [-0.3, -0.25) is 4.99 Å². The van der Waals surface area contributed by atoms with E-state index in [1.807, 2.05) is 59.7 Å². The van der Waals surface area contributed by atoms with Crippen LogP contribution in [0.2, 0.25) is 0 Å². The zero-order valence-electron chi connectivity index (χ0n) is 18.7. The van der Waals surface area contributed by atoms with Crippen LogP contribution < -0.4 is 15.4 Å². The Balaban J connectivity index is 0.00000784. The van der Waals surface area contributed by atoms with Crippen LogP contribution in [0.15, 0.2) is 23.2 Å². The van der Waals surface area contributed by atoms with E-state index in [-0.39, 0.29) is 41.9 Å². The molecule has 0 aromatic heterocycles. The molecule has 7 nitrogen and oxygen atoms in total. The standard InChI is InChI=1S/C20H36N4O3S.HI/c1-8-24(9-2)28(25,26)13-12-22-19(21-7)23-15-17-11-10-16(3)14-18(17)27-20(4,5)6;/h10-11,14H,8-9,12-13,15H2,1-7H3,(H2,21,22,23);1H. The van der Waals surface area contributed by atoms with E-state index >= 15 is 0 Å². The minimum absolute atomic E-state index is 0. The average Bonchev–Trinajstić information content (AvgIpc) is 2.58. The zero-order valence-corrected chi connectivity index (χ0v) is 21.9. The van der Waals surface area contributed by atoms with E-state index in [9.17, 15) is 8.42 Å². The lowest BCUT2D eigenvalue weighted by atomic mass is 10.1. The number of benzene rings is 1. The highest BCUT2D eigenvalue weighted by atomic mass is 127. The molecule has 29 heavy (non-hydrogen) atoms. The van der Waals surface area contributed by atoms with Crippen LogP contribution in [0.5, 0.6) is 5.75 Å². The summed E-state index contributed by atoms with van der Waals surface area (Å²) in [5, 5.41) is 6.30. The van der Waals surface area contributed by atoms with E-state index in [1.165, 1.54) is 4.31 Å². The summed E-state index contributed by atoms with van der Waals surface area (Å²) in [5.41, 5.74) is 1.85. The molecule has 0 aliphatic rings. The van der Waals surface area contributed by atoms with Crippen molar-refractivity contribution in [1.29, 1.82) is 0 Å². The Morgan fingerprint density at radius 2 is 1.79 bits per heavy atom. The van der Waals surface area contributed by atoms with E-state index in [1.54, 1.807) is 7.05 Å². The van der Waals surface area contributed by atoms with Gasteiger partial charge in [0.1, 0.15) is 11.4 Å². The molecule has 0 fully saturated rings. The predicted octanol–water partition coefficient (Wildman–Crippen LogP) is 3.13. The van der Waals surface area contributed by atoms with Crippen LogP contribution >= 0.6 is 24.0 Å². The fraction of sp³-hybridized carbons (Fsp3) is 0.650. The van der Waals surface area contributed by atoms with Gasteiger partial charge in [0.2, 0.25) is 10.0 Å². The minimum atomic E-state index is -3.26. The largest absolute Gasteiger partial charge is 0.488 e.